The van der Waals surface area contributed by atoms with Crippen LogP contribution in [0.25, 0.3) is 0 Å². The molecule has 1 atom stereocenters. The van der Waals surface area contributed by atoms with E-state index in [0.717, 1.165) is 0 Å². The molecule has 9 heteroatoms. The summed E-state index contributed by atoms with van der Waals surface area (Å²) >= 11 is 0. The molecule has 122 valence electrons. The van der Waals surface area contributed by atoms with Gasteiger partial charge in [-0.15, -0.1) is 0 Å². The molecule has 1 heterocycles. The Labute approximate surface area is 124 Å². The maximum atomic E-state index is 12.0. The molecule has 1 aliphatic heterocycles. The number of piperazine rings is 1. The van der Waals surface area contributed by atoms with Crippen LogP contribution in [0.5, 0.6) is 0 Å². The number of carbonyl (C=O) groups excluding carboxylic acids is 1. The Morgan fingerprint density at radius 3 is 2.29 bits per heavy atom. The Morgan fingerprint density at radius 1 is 1.24 bits per heavy atom. The minimum atomic E-state index is -3.24. The van der Waals surface area contributed by atoms with Crippen molar-refractivity contribution in [3.8, 4) is 0 Å². The lowest BCUT2D eigenvalue weighted by Crippen LogP contribution is -2.54. The quantitative estimate of drug-likeness (QED) is 0.624. The second-order valence-corrected chi connectivity index (χ2v) is 7.17. The molecule has 0 radical (unpaired) electrons. The summed E-state index contributed by atoms with van der Waals surface area (Å²) in [6, 6.07) is -0.847. The average molecular weight is 321 g/mol. The molecule has 1 amide bonds. The lowest BCUT2D eigenvalue weighted by atomic mass is 10.1. The molecule has 1 aliphatic rings. The van der Waals surface area contributed by atoms with E-state index in [1.165, 1.54) is 9.21 Å². The average Bonchev–Trinajstić information content (AvgIpc) is 2.44. The number of hydrogen-bond acceptors (Lipinski definition) is 5. The number of carbonyl (C=O) groups is 2. The van der Waals surface area contributed by atoms with Crippen LogP contribution < -0.4 is 5.73 Å². The fourth-order valence-corrected chi connectivity index (χ4v) is 3.70. The molecule has 0 aromatic heterocycles. The number of amides is 1. The van der Waals surface area contributed by atoms with Gasteiger partial charge in [0.1, 0.15) is 0 Å². The molecule has 0 aromatic carbocycles. The zero-order chi connectivity index (χ0) is 16.0. The van der Waals surface area contributed by atoms with Crippen molar-refractivity contribution in [3.63, 3.8) is 0 Å². The van der Waals surface area contributed by atoms with Crippen LogP contribution in [0.1, 0.15) is 26.2 Å². The van der Waals surface area contributed by atoms with Crippen molar-refractivity contribution < 1.29 is 23.1 Å². The highest BCUT2D eigenvalue weighted by molar-refractivity contribution is 7.89. The number of nitrogens with zero attached hydrogens (tertiary/aromatic N) is 2. The standard InChI is InChI=1S/C12H23N3O5S/c1-2-9-21(19,20)15-7-5-14(6-8-15)12(18)10(13)3-4-11(16)17/h10H,2-9,13H2,1H3,(H,16,17). The Morgan fingerprint density at radius 2 is 1.81 bits per heavy atom. The number of hydrogen-bond donors (Lipinski definition) is 2. The van der Waals surface area contributed by atoms with Crippen LogP contribution in [0.15, 0.2) is 0 Å². The van der Waals surface area contributed by atoms with Crippen LogP contribution in [0, 0.1) is 0 Å². The second kappa shape index (κ2) is 7.71. The fraction of sp³-hybridized carbons (Fsp3) is 0.833. The highest BCUT2D eigenvalue weighted by Crippen LogP contribution is 2.11. The third-order valence-corrected chi connectivity index (χ3v) is 5.47. The summed E-state index contributed by atoms with van der Waals surface area (Å²) in [5.41, 5.74) is 5.68. The number of carboxylic acids is 1. The third kappa shape index (κ3) is 5.25. The molecule has 0 saturated carbocycles. The number of sulfonamides is 1. The summed E-state index contributed by atoms with van der Waals surface area (Å²) in [7, 11) is -3.24. The molecule has 1 unspecified atom stereocenters. The van der Waals surface area contributed by atoms with Crippen molar-refractivity contribution in [3.05, 3.63) is 0 Å². The summed E-state index contributed by atoms with van der Waals surface area (Å²) < 4.78 is 25.2. The zero-order valence-electron chi connectivity index (χ0n) is 12.2. The summed E-state index contributed by atoms with van der Waals surface area (Å²) in [5.74, 6) is -1.20. The Kier molecular flexibility index (Phi) is 6.56. The van der Waals surface area contributed by atoms with Crippen molar-refractivity contribution in [2.45, 2.75) is 32.2 Å². The van der Waals surface area contributed by atoms with Gasteiger partial charge in [0.15, 0.2) is 0 Å². The van der Waals surface area contributed by atoms with Gasteiger partial charge in [0, 0.05) is 32.6 Å². The molecule has 0 bridgehead atoms. The molecular weight excluding hydrogens is 298 g/mol. The van der Waals surface area contributed by atoms with Gasteiger partial charge in [-0.1, -0.05) is 6.92 Å². The van der Waals surface area contributed by atoms with Crippen LogP contribution in [0.3, 0.4) is 0 Å². The van der Waals surface area contributed by atoms with E-state index in [-0.39, 0.29) is 37.6 Å². The van der Waals surface area contributed by atoms with Gasteiger partial charge in [0.25, 0.3) is 0 Å². The lowest BCUT2D eigenvalue weighted by Gasteiger charge is -2.35. The van der Waals surface area contributed by atoms with Crippen molar-refractivity contribution in [2.75, 3.05) is 31.9 Å². The van der Waals surface area contributed by atoms with Crippen LogP contribution in [0.2, 0.25) is 0 Å². The van der Waals surface area contributed by atoms with Gasteiger partial charge < -0.3 is 15.7 Å². The summed E-state index contributed by atoms with van der Waals surface area (Å²) in [5, 5.41) is 8.58. The van der Waals surface area contributed by atoms with E-state index in [0.29, 0.717) is 19.5 Å². The monoisotopic (exact) mass is 321 g/mol. The molecule has 0 aliphatic carbocycles. The predicted molar refractivity (Wildman–Crippen MR) is 77.1 cm³/mol. The van der Waals surface area contributed by atoms with E-state index in [1.807, 2.05) is 0 Å². The normalized spacial score (nSPS) is 18.5. The summed E-state index contributed by atoms with van der Waals surface area (Å²) in [6.07, 6.45) is 0.488. The van der Waals surface area contributed by atoms with Gasteiger partial charge in [0.05, 0.1) is 11.8 Å². The van der Waals surface area contributed by atoms with E-state index in [2.05, 4.69) is 0 Å². The van der Waals surface area contributed by atoms with Crippen molar-refractivity contribution in [2.24, 2.45) is 5.73 Å². The smallest absolute Gasteiger partial charge is 0.303 e. The number of rotatable bonds is 7. The minimum absolute atomic E-state index is 0.0858. The molecule has 21 heavy (non-hydrogen) atoms. The van der Waals surface area contributed by atoms with Gasteiger partial charge in [-0.2, -0.15) is 4.31 Å². The molecule has 0 aromatic rings. The number of carboxylic acid groups (broad SMARTS) is 1. The molecule has 1 fully saturated rings. The van der Waals surface area contributed by atoms with E-state index in [1.54, 1.807) is 6.92 Å². The molecule has 1 saturated heterocycles. The van der Waals surface area contributed by atoms with Gasteiger partial charge >= 0.3 is 5.97 Å². The zero-order valence-corrected chi connectivity index (χ0v) is 13.0. The first-order valence-electron chi connectivity index (χ1n) is 7.02. The van der Waals surface area contributed by atoms with Gasteiger partial charge in [0.2, 0.25) is 15.9 Å². The van der Waals surface area contributed by atoms with E-state index >= 15 is 0 Å². The van der Waals surface area contributed by atoms with E-state index in [4.69, 9.17) is 10.8 Å². The van der Waals surface area contributed by atoms with Crippen LogP contribution in [-0.4, -0.2) is 72.6 Å². The highest BCUT2D eigenvalue weighted by Gasteiger charge is 2.30. The Hall–Kier alpha value is -1.19. The van der Waals surface area contributed by atoms with E-state index in [9.17, 15) is 18.0 Å². The lowest BCUT2D eigenvalue weighted by molar-refractivity contribution is -0.138. The first-order chi connectivity index (χ1) is 9.77. The van der Waals surface area contributed by atoms with Crippen molar-refractivity contribution >= 4 is 21.9 Å². The maximum absolute atomic E-state index is 12.0. The summed E-state index contributed by atoms with van der Waals surface area (Å²) in [6.45, 7) is 2.92. The second-order valence-electron chi connectivity index (χ2n) is 5.08. The number of nitrogens with two attached hydrogens (primary N) is 1. The van der Waals surface area contributed by atoms with Crippen molar-refractivity contribution in [1.82, 2.24) is 9.21 Å². The van der Waals surface area contributed by atoms with Gasteiger partial charge in [-0.05, 0) is 12.8 Å². The Bertz CT molecular complexity index is 471. The first kappa shape index (κ1) is 17.9. The third-order valence-electron chi connectivity index (χ3n) is 3.39. The highest BCUT2D eigenvalue weighted by atomic mass is 32.2. The van der Waals surface area contributed by atoms with Crippen LogP contribution in [-0.2, 0) is 19.6 Å². The molecule has 8 nitrogen and oxygen atoms in total. The predicted octanol–water partition coefficient (Wildman–Crippen LogP) is -0.937. The summed E-state index contributed by atoms with van der Waals surface area (Å²) in [4.78, 5) is 24.0. The topological polar surface area (TPSA) is 121 Å². The maximum Gasteiger partial charge on any atom is 0.303 e. The van der Waals surface area contributed by atoms with Crippen molar-refractivity contribution in [1.29, 1.82) is 0 Å². The number of aliphatic carboxylic acids is 1. The molecule has 3 N–H and O–H groups in total. The fourth-order valence-electron chi connectivity index (χ4n) is 2.21. The van der Waals surface area contributed by atoms with Crippen LogP contribution in [0.4, 0.5) is 0 Å². The van der Waals surface area contributed by atoms with Gasteiger partial charge in [-0.25, -0.2) is 8.42 Å². The van der Waals surface area contributed by atoms with E-state index < -0.39 is 22.0 Å². The SMILES string of the molecule is CCCS(=O)(=O)N1CCN(C(=O)C(N)CCC(=O)O)CC1. The minimum Gasteiger partial charge on any atom is -0.481 e. The molecule has 0 spiro atoms. The Balaban J connectivity index is 2.49. The van der Waals surface area contributed by atoms with Gasteiger partial charge in [-0.3, -0.25) is 9.59 Å². The largest absolute Gasteiger partial charge is 0.481 e. The molecule has 1 rings (SSSR count). The van der Waals surface area contributed by atoms with Crippen LogP contribution >= 0.6 is 0 Å². The first-order valence-corrected chi connectivity index (χ1v) is 8.63. The molecular formula is C12H23N3O5S.